The molecule has 0 radical (unpaired) electrons. The highest BCUT2D eigenvalue weighted by atomic mass is 16.2. The molecule has 138 valence electrons. The van der Waals surface area contributed by atoms with Crippen molar-refractivity contribution < 1.29 is 4.79 Å². The molecule has 0 unspecified atom stereocenters. The molecule has 6 nitrogen and oxygen atoms in total. The minimum absolute atomic E-state index is 0.226. The third-order valence-corrected chi connectivity index (χ3v) is 5.06. The summed E-state index contributed by atoms with van der Waals surface area (Å²) >= 11 is 0. The molecule has 1 amide bonds. The number of rotatable bonds is 4. The van der Waals surface area contributed by atoms with Crippen molar-refractivity contribution in [2.75, 3.05) is 18.4 Å². The molecule has 0 saturated carbocycles. The van der Waals surface area contributed by atoms with Gasteiger partial charge in [0.15, 0.2) is 5.69 Å². The number of nitrogens with one attached hydrogen (secondary N) is 2. The number of carbonyl (C=O) groups is 1. The number of amides is 1. The molecule has 1 aromatic heterocycles. The number of piperidine rings is 1. The molecular weight excluding hydrogens is 338 g/mol. The van der Waals surface area contributed by atoms with E-state index in [-0.39, 0.29) is 5.91 Å². The molecule has 0 atom stereocenters. The molecule has 2 heterocycles. The Morgan fingerprint density at radius 1 is 1.07 bits per heavy atom. The first-order chi connectivity index (χ1) is 13.2. The van der Waals surface area contributed by atoms with Crippen LogP contribution in [-0.4, -0.2) is 34.0 Å². The Hall–Kier alpha value is -2.99. The molecule has 1 aliphatic rings. The molecule has 1 saturated heterocycles. The first-order valence-electron chi connectivity index (χ1n) is 9.32. The van der Waals surface area contributed by atoms with E-state index in [0.29, 0.717) is 11.7 Å². The molecule has 27 heavy (non-hydrogen) atoms. The van der Waals surface area contributed by atoms with Crippen LogP contribution in [0, 0.1) is 6.92 Å². The van der Waals surface area contributed by atoms with Crippen molar-refractivity contribution in [2.24, 2.45) is 0 Å². The Labute approximate surface area is 158 Å². The van der Waals surface area contributed by atoms with Gasteiger partial charge >= 0.3 is 0 Å². The third-order valence-electron chi connectivity index (χ3n) is 5.06. The summed E-state index contributed by atoms with van der Waals surface area (Å²) in [5, 5.41) is 14.8. The lowest BCUT2D eigenvalue weighted by atomic mass is 10.0. The van der Waals surface area contributed by atoms with Gasteiger partial charge in [-0.2, -0.15) is 0 Å². The topological polar surface area (TPSA) is 71.8 Å². The molecular formula is C21H23N5O. The van der Waals surface area contributed by atoms with Crippen molar-refractivity contribution in [2.45, 2.75) is 25.8 Å². The molecule has 0 bridgehead atoms. The van der Waals surface area contributed by atoms with Gasteiger partial charge in [-0.1, -0.05) is 53.7 Å². The largest absolute Gasteiger partial charge is 0.320 e. The fourth-order valence-electron chi connectivity index (χ4n) is 3.59. The summed E-state index contributed by atoms with van der Waals surface area (Å²) < 4.78 is 1.90. The van der Waals surface area contributed by atoms with Gasteiger partial charge in [0.25, 0.3) is 5.91 Å². The molecule has 0 aliphatic carbocycles. The van der Waals surface area contributed by atoms with Crippen LogP contribution in [0.4, 0.5) is 5.69 Å². The summed E-state index contributed by atoms with van der Waals surface area (Å²) in [7, 11) is 0. The number of aromatic nitrogens is 3. The summed E-state index contributed by atoms with van der Waals surface area (Å²) in [6.45, 7) is 3.85. The van der Waals surface area contributed by atoms with Gasteiger partial charge in [0.1, 0.15) is 0 Å². The number of anilines is 1. The minimum Gasteiger partial charge on any atom is -0.320 e. The SMILES string of the molecule is Cc1c(C(=O)Nc2ccccc2-c2ccccc2)nnn1C1CCNCC1. The van der Waals surface area contributed by atoms with E-state index in [2.05, 4.69) is 20.9 Å². The predicted molar refractivity (Wildman–Crippen MR) is 106 cm³/mol. The van der Waals surface area contributed by atoms with E-state index in [1.54, 1.807) is 0 Å². The molecule has 2 aromatic carbocycles. The molecule has 1 fully saturated rings. The maximum atomic E-state index is 12.9. The lowest BCUT2D eigenvalue weighted by Crippen LogP contribution is -2.30. The first-order valence-corrected chi connectivity index (χ1v) is 9.32. The second-order valence-electron chi connectivity index (χ2n) is 6.81. The maximum Gasteiger partial charge on any atom is 0.278 e. The first kappa shape index (κ1) is 17.4. The standard InChI is InChI=1S/C21H23N5O/c1-15-20(24-25-26(15)17-11-13-22-14-12-17)21(27)23-19-10-6-5-9-18(19)16-7-3-2-4-8-16/h2-10,17,22H,11-14H2,1H3,(H,23,27). The number of benzene rings is 2. The van der Waals surface area contributed by atoms with E-state index < -0.39 is 0 Å². The van der Waals surface area contributed by atoms with E-state index in [4.69, 9.17) is 0 Å². The van der Waals surface area contributed by atoms with Crippen molar-refractivity contribution in [3.05, 3.63) is 66.0 Å². The molecule has 2 N–H and O–H groups in total. The summed E-state index contributed by atoms with van der Waals surface area (Å²) in [4.78, 5) is 12.9. The highest BCUT2D eigenvalue weighted by molar-refractivity contribution is 6.05. The lowest BCUT2D eigenvalue weighted by Gasteiger charge is -2.23. The highest BCUT2D eigenvalue weighted by Gasteiger charge is 2.23. The molecule has 4 rings (SSSR count). The Balaban J connectivity index is 1.58. The monoisotopic (exact) mass is 361 g/mol. The molecule has 0 spiro atoms. The second-order valence-corrected chi connectivity index (χ2v) is 6.81. The van der Waals surface area contributed by atoms with E-state index in [1.807, 2.05) is 66.2 Å². The van der Waals surface area contributed by atoms with Gasteiger partial charge in [0.2, 0.25) is 0 Å². The van der Waals surface area contributed by atoms with Crippen molar-refractivity contribution in [1.29, 1.82) is 0 Å². The number of para-hydroxylation sites is 1. The van der Waals surface area contributed by atoms with Crippen LogP contribution in [0.15, 0.2) is 54.6 Å². The summed E-state index contributed by atoms with van der Waals surface area (Å²) in [6.07, 6.45) is 2.00. The van der Waals surface area contributed by atoms with Crippen LogP contribution in [-0.2, 0) is 0 Å². The zero-order valence-electron chi connectivity index (χ0n) is 15.4. The summed E-state index contributed by atoms with van der Waals surface area (Å²) in [6, 6.07) is 18.1. The van der Waals surface area contributed by atoms with Crippen molar-refractivity contribution in [1.82, 2.24) is 20.3 Å². The number of hydrogen-bond acceptors (Lipinski definition) is 4. The van der Waals surface area contributed by atoms with Gasteiger partial charge in [-0.25, -0.2) is 4.68 Å². The van der Waals surface area contributed by atoms with E-state index in [0.717, 1.165) is 48.4 Å². The van der Waals surface area contributed by atoms with Crippen molar-refractivity contribution in [3.63, 3.8) is 0 Å². The average molecular weight is 361 g/mol. The van der Waals surface area contributed by atoms with Crippen LogP contribution >= 0.6 is 0 Å². The number of nitrogens with zero attached hydrogens (tertiary/aromatic N) is 3. The molecule has 6 heteroatoms. The van der Waals surface area contributed by atoms with Crippen LogP contribution in [0.2, 0.25) is 0 Å². The number of hydrogen-bond donors (Lipinski definition) is 2. The zero-order valence-corrected chi connectivity index (χ0v) is 15.4. The van der Waals surface area contributed by atoms with Gasteiger partial charge in [0.05, 0.1) is 11.7 Å². The Morgan fingerprint density at radius 2 is 1.78 bits per heavy atom. The van der Waals surface area contributed by atoms with E-state index in [9.17, 15) is 4.79 Å². The zero-order chi connectivity index (χ0) is 18.6. The van der Waals surface area contributed by atoms with Crippen LogP contribution in [0.5, 0.6) is 0 Å². The Kier molecular flexibility index (Phi) is 4.98. The Morgan fingerprint density at radius 3 is 2.56 bits per heavy atom. The predicted octanol–water partition coefficient (Wildman–Crippen LogP) is 3.43. The van der Waals surface area contributed by atoms with E-state index >= 15 is 0 Å². The molecule has 1 aliphatic heterocycles. The van der Waals surface area contributed by atoms with Gasteiger partial charge in [0, 0.05) is 11.3 Å². The quantitative estimate of drug-likeness (QED) is 0.747. The van der Waals surface area contributed by atoms with Gasteiger partial charge in [-0.05, 0) is 44.5 Å². The fraction of sp³-hybridized carbons (Fsp3) is 0.286. The molecule has 3 aromatic rings. The van der Waals surface area contributed by atoms with Gasteiger partial charge < -0.3 is 10.6 Å². The fourth-order valence-corrected chi connectivity index (χ4v) is 3.59. The normalized spacial score (nSPS) is 14.9. The summed E-state index contributed by atoms with van der Waals surface area (Å²) in [5.74, 6) is -0.226. The second kappa shape index (κ2) is 7.72. The minimum atomic E-state index is -0.226. The Bertz CT molecular complexity index is 929. The van der Waals surface area contributed by atoms with Gasteiger partial charge in [-0.15, -0.1) is 5.10 Å². The summed E-state index contributed by atoms with van der Waals surface area (Å²) in [5.41, 5.74) is 4.01. The van der Waals surface area contributed by atoms with Crippen LogP contribution in [0.3, 0.4) is 0 Å². The lowest BCUT2D eigenvalue weighted by molar-refractivity contribution is 0.102. The van der Waals surface area contributed by atoms with Crippen LogP contribution in [0.1, 0.15) is 35.1 Å². The number of carbonyl (C=O) groups excluding carboxylic acids is 1. The third kappa shape index (κ3) is 3.61. The van der Waals surface area contributed by atoms with Crippen molar-refractivity contribution in [3.8, 4) is 11.1 Å². The van der Waals surface area contributed by atoms with Crippen LogP contribution < -0.4 is 10.6 Å². The highest BCUT2D eigenvalue weighted by Crippen LogP contribution is 2.28. The smallest absolute Gasteiger partial charge is 0.278 e. The maximum absolute atomic E-state index is 12.9. The van der Waals surface area contributed by atoms with E-state index in [1.165, 1.54) is 0 Å². The van der Waals surface area contributed by atoms with Crippen LogP contribution in [0.25, 0.3) is 11.1 Å². The average Bonchev–Trinajstić information content (AvgIpc) is 3.11. The van der Waals surface area contributed by atoms with Gasteiger partial charge in [-0.3, -0.25) is 4.79 Å². The van der Waals surface area contributed by atoms with Crippen molar-refractivity contribution >= 4 is 11.6 Å².